The van der Waals surface area contributed by atoms with Crippen LogP contribution in [0, 0.1) is 0 Å². The van der Waals surface area contributed by atoms with Crippen LogP contribution >= 0.6 is 0 Å². The Balaban J connectivity index is 1.48. The molecule has 2 aromatic heterocycles. The molecule has 1 fully saturated rings. The molecule has 0 spiro atoms. The molecular formula is C22H23N7. The average molecular weight is 385 g/mol. The van der Waals surface area contributed by atoms with Gasteiger partial charge in [0.05, 0.1) is 11.2 Å². The Morgan fingerprint density at radius 1 is 1.03 bits per heavy atom. The number of nitrogens with zero attached hydrogens (tertiary/aromatic N) is 4. The van der Waals surface area contributed by atoms with Gasteiger partial charge in [0.1, 0.15) is 5.82 Å². The number of benzene rings is 2. The number of nitrogens with two attached hydrogens (primary N) is 2. The lowest BCUT2D eigenvalue weighted by atomic mass is 10.0. The smallest absolute Gasteiger partial charge is 0.222 e. The summed E-state index contributed by atoms with van der Waals surface area (Å²) < 4.78 is 0. The van der Waals surface area contributed by atoms with E-state index >= 15 is 0 Å². The van der Waals surface area contributed by atoms with Crippen LogP contribution < -0.4 is 16.4 Å². The molecule has 7 heteroatoms. The summed E-state index contributed by atoms with van der Waals surface area (Å²) in [5.41, 5.74) is 15.9. The SMILES string of the molecule is Nc1nc(-c2ccc3c(N)n[nH]c3c2)cc(N2CCCC2Cc2ccccc2)n1. The molecule has 4 aromatic rings. The van der Waals surface area contributed by atoms with Crippen LogP contribution in [0.1, 0.15) is 18.4 Å². The highest BCUT2D eigenvalue weighted by Crippen LogP contribution is 2.31. The van der Waals surface area contributed by atoms with Crippen LogP contribution in [0.15, 0.2) is 54.6 Å². The Bertz CT molecular complexity index is 1150. The number of nitrogens with one attached hydrogen (secondary N) is 1. The first-order valence-corrected chi connectivity index (χ1v) is 9.86. The molecule has 3 heterocycles. The van der Waals surface area contributed by atoms with Crippen LogP contribution in [-0.2, 0) is 6.42 Å². The average Bonchev–Trinajstić information content (AvgIpc) is 3.35. The number of fused-ring (bicyclic) bond motifs is 1. The molecule has 146 valence electrons. The summed E-state index contributed by atoms with van der Waals surface area (Å²) in [6.07, 6.45) is 3.29. The maximum absolute atomic E-state index is 6.09. The zero-order valence-electron chi connectivity index (χ0n) is 16.0. The van der Waals surface area contributed by atoms with Crippen molar-refractivity contribution in [3.05, 3.63) is 60.2 Å². The van der Waals surface area contributed by atoms with Gasteiger partial charge < -0.3 is 16.4 Å². The van der Waals surface area contributed by atoms with Crippen molar-refractivity contribution in [3.63, 3.8) is 0 Å². The predicted molar refractivity (Wildman–Crippen MR) is 116 cm³/mol. The molecule has 7 nitrogen and oxygen atoms in total. The molecule has 1 saturated heterocycles. The summed E-state index contributed by atoms with van der Waals surface area (Å²) in [6, 6.07) is 19.0. The van der Waals surface area contributed by atoms with Crippen LogP contribution in [0.25, 0.3) is 22.2 Å². The van der Waals surface area contributed by atoms with Gasteiger partial charge in [0.15, 0.2) is 5.82 Å². The first-order chi connectivity index (χ1) is 14.2. The standard InChI is InChI=1S/C22H23N7/c23-21-17-9-8-15(12-19(17)27-28-21)18-13-20(26-22(24)25-18)29-10-4-7-16(29)11-14-5-2-1-3-6-14/h1-3,5-6,8-9,12-13,16H,4,7,10-11H2,(H3,23,27,28)(H2,24,25,26). The quantitative estimate of drug-likeness (QED) is 0.497. The number of nitrogen functional groups attached to an aromatic ring is 2. The Morgan fingerprint density at radius 3 is 2.76 bits per heavy atom. The van der Waals surface area contributed by atoms with E-state index in [1.54, 1.807) is 0 Å². The van der Waals surface area contributed by atoms with Crippen LogP contribution in [0.5, 0.6) is 0 Å². The topological polar surface area (TPSA) is 110 Å². The lowest BCUT2D eigenvalue weighted by molar-refractivity contribution is 0.658. The molecule has 5 N–H and O–H groups in total. The number of aromatic amines is 1. The molecule has 2 aromatic carbocycles. The molecule has 1 aliphatic heterocycles. The molecule has 1 aliphatic rings. The minimum Gasteiger partial charge on any atom is -0.382 e. The van der Waals surface area contributed by atoms with Gasteiger partial charge in [-0.1, -0.05) is 36.4 Å². The van der Waals surface area contributed by atoms with E-state index in [9.17, 15) is 0 Å². The van der Waals surface area contributed by atoms with Gasteiger partial charge in [0.2, 0.25) is 5.95 Å². The molecule has 29 heavy (non-hydrogen) atoms. The third-order valence-electron chi connectivity index (χ3n) is 5.60. The molecule has 0 amide bonds. The second kappa shape index (κ2) is 7.09. The Morgan fingerprint density at radius 2 is 1.90 bits per heavy atom. The summed E-state index contributed by atoms with van der Waals surface area (Å²) in [6.45, 7) is 0.976. The second-order valence-corrected chi connectivity index (χ2v) is 7.52. The minimum absolute atomic E-state index is 0.284. The van der Waals surface area contributed by atoms with E-state index in [2.05, 4.69) is 55.4 Å². The van der Waals surface area contributed by atoms with Gasteiger partial charge in [-0.3, -0.25) is 5.10 Å². The van der Waals surface area contributed by atoms with E-state index in [-0.39, 0.29) is 5.95 Å². The Kier molecular flexibility index (Phi) is 4.27. The maximum atomic E-state index is 6.09. The number of rotatable bonds is 4. The zero-order chi connectivity index (χ0) is 19.8. The summed E-state index contributed by atoms with van der Waals surface area (Å²) in [5.74, 6) is 1.66. The maximum Gasteiger partial charge on any atom is 0.222 e. The lowest BCUT2D eigenvalue weighted by Crippen LogP contribution is -2.32. The number of anilines is 3. The van der Waals surface area contributed by atoms with Gasteiger partial charge in [-0.15, -0.1) is 0 Å². The fourth-order valence-electron chi connectivity index (χ4n) is 4.18. The fourth-order valence-corrected chi connectivity index (χ4v) is 4.18. The summed E-state index contributed by atoms with van der Waals surface area (Å²) in [7, 11) is 0. The van der Waals surface area contributed by atoms with Crippen molar-refractivity contribution < 1.29 is 0 Å². The van der Waals surface area contributed by atoms with Crippen molar-refractivity contribution in [1.29, 1.82) is 0 Å². The number of hydrogen-bond acceptors (Lipinski definition) is 6. The van der Waals surface area contributed by atoms with Crippen LogP contribution in [0.2, 0.25) is 0 Å². The first kappa shape index (κ1) is 17.5. The molecule has 5 rings (SSSR count). The van der Waals surface area contributed by atoms with E-state index in [1.165, 1.54) is 5.56 Å². The molecule has 0 saturated carbocycles. The van der Waals surface area contributed by atoms with E-state index in [0.29, 0.717) is 11.9 Å². The first-order valence-electron chi connectivity index (χ1n) is 9.86. The molecule has 1 unspecified atom stereocenters. The number of H-pyrrole nitrogens is 1. The van der Waals surface area contributed by atoms with Gasteiger partial charge in [-0.05, 0) is 37.0 Å². The van der Waals surface area contributed by atoms with Gasteiger partial charge in [0.25, 0.3) is 0 Å². The monoisotopic (exact) mass is 385 g/mol. The van der Waals surface area contributed by atoms with Crippen molar-refractivity contribution in [1.82, 2.24) is 20.2 Å². The zero-order valence-corrected chi connectivity index (χ0v) is 16.0. The molecule has 1 atom stereocenters. The Labute approximate surface area is 168 Å². The second-order valence-electron chi connectivity index (χ2n) is 7.52. The van der Waals surface area contributed by atoms with E-state index in [4.69, 9.17) is 11.5 Å². The molecule has 0 bridgehead atoms. The third kappa shape index (κ3) is 3.35. The number of aromatic nitrogens is 4. The largest absolute Gasteiger partial charge is 0.382 e. The number of hydrogen-bond donors (Lipinski definition) is 3. The van der Waals surface area contributed by atoms with Crippen molar-refractivity contribution in [2.24, 2.45) is 0 Å². The molecule has 0 radical (unpaired) electrons. The van der Waals surface area contributed by atoms with E-state index in [1.807, 2.05) is 24.3 Å². The van der Waals surface area contributed by atoms with E-state index in [0.717, 1.165) is 53.8 Å². The molecule has 0 aliphatic carbocycles. The van der Waals surface area contributed by atoms with Crippen molar-refractivity contribution in [2.75, 3.05) is 22.9 Å². The highest BCUT2D eigenvalue weighted by molar-refractivity contribution is 5.91. The highest BCUT2D eigenvalue weighted by Gasteiger charge is 2.26. The summed E-state index contributed by atoms with van der Waals surface area (Å²) in [4.78, 5) is 11.4. The van der Waals surface area contributed by atoms with Crippen molar-refractivity contribution in [2.45, 2.75) is 25.3 Å². The minimum atomic E-state index is 0.284. The van der Waals surface area contributed by atoms with Gasteiger partial charge in [-0.2, -0.15) is 10.1 Å². The van der Waals surface area contributed by atoms with Crippen LogP contribution in [0.3, 0.4) is 0 Å². The molecular weight excluding hydrogens is 362 g/mol. The van der Waals surface area contributed by atoms with Gasteiger partial charge in [0, 0.05) is 29.6 Å². The van der Waals surface area contributed by atoms with Gasteiger partial charge >= 0.3 is 0 Å². The van der Waals surface area contributed by atoms with Gasteiger partial charge in [-0.25, -0.2) is 4.98 Å². The third-order valence-corrected chi connectivity index (χ3v) is 5.60. The van der Waals surface area contributed by atoms with E-state index < -0.39 is 0 Å². The summed E-state index contributed by atoms with van der Waals surface area (Å²) in [5, 5.41) is 7.92. The highest BCUT2D eigenvalue weighted by atomic mass is 15.2. The van der Waals surface area contributed by atoms with Crippen molar-refractivity contribution in [3.8, 4) is 11.3 Å². The fraction of sp³-hybridized carbons (Fsp3) is 0.227. The lowest BCUT2D eigenvalue weighted by Gasteiger charge is -2.26. The predicted octanol–water partition coefficient (Wildman–Crippen LogP) is 3.40. The Hall–Kier alpha value is -3.61. The summed E-state index contributed by atoms with van der Waals surface area (Å²) >= 11 is 0. The van der Waals surface area contributed by atoms with Crippen LogP contribution in [-0.4, -0.2) is 32.8 Å². The normalized spacial score (nSPS) is 16.6. The van der Waals surface area contributed by atoms with Crippen LogP contribution in [0.4, 0.5) is 17.6 Å². The van der Waals surface area contributed by atoms with Crippen molar-refractivity contribution >= 4 is 28.5 Å².